The van der Waals surface area contributed by atoms with E-state index < -0.39 is 0 Å². The van der Waals surface area contributed by atoms with Gasteiger partial charge in [-0.05, 0) is 31.6 Å². The van der Waals surface area contributed by atoms with Crippen molar-refractivity contribution >= 4 is 0 Å². The van der Waals surface area contributed by atoms with Crippen molar-refractivity contribution in [2.75, 3.05) is 32.9 Å². The summed E-state index contributed by atoms with van der Waals surface area (Å²) in [5, 5.41) is 3.49. The van der Waals surface area contributed by atoms with Crippen LogP contribution in [0, 0.1) is 5.92 Å². The van der Waals surface area contributed by atoms with E-state index in [0.29, 0.717) is 6.10 Å². The van der Waals surface area contributed by atoms with Gasteiger partial charge >= 0.3 is 0 Å². The third kappa shape index (κ3) is 3.23. The molecule has 0 aromatic heterocycles. The Kier molecular flexibility index (Phi) is 4.22. The monoisotopic (exact) mass is 199 g/mol. The summed E-state index contributed by atoms with van der Waals surface area (Å²) in [4.78, 5) is 0. The Morgan fingerprint density at radius 2 is 2.07 bits per heavy atom. The van der Waals surface area contributed by atoms with Crippen LogP contribution in [0.25, 0.3) is 0 Å². The molecular formula is C11H21NO2. The van der Waals surface area contributed by atoms with Crippen LogP contribution in [0.2, 0.25) is 0 Å². The normalized spacial score (nSPS) is 33.4. The zero-order chi connectivity index (χ0) is 9.64. The van der Waals surface area contributed by atoms with Gasteiger partial charge in [0.25, 0.3) is 0 Å². The van der Waals surface area contributed by atoms with E-state index in [1.807, 2.05) is 0 Å². The van der Waals surface area contributed by atoms with Gasteiger partial charge in [-0.15, -0.1) is 0 Å². The molecule has 0 bridgehead atoms. The third-order valence-corrected chi connectivity index (χ3v) is 3.10. The fraction of sp³-hybridized carbons (Fsp3) is 1.00. The molecular weight excluding hydrogens is 178 g/mol. The van der Waals surface area contributed by atoms with Gasteiger partial charge in [-0.25, -0.2) is 0 Å². The largest absolute Gasteiger partial charge is 0.381 e. The van der Waals surface area contributed by atoms with E-state index in [0.717, 1.165) is 38.8 Å². The molecule has 1 N–H and O–H groups in total. The lowest BCUT2D eigenvalue weighted by molar-refractivity contribution is 0.0164. The average molecular weight is 199 g/mol. The van der Waals surface area contributed by atoms with Crippen molar-refractivity contribution in [1.82, 2.24) is 5.32 Å². The van der Waals surface area contributed by atoms with Gasteiger partial charge < -0.3 is 14.8 Å². The highest BCUT2D eigenvalue weighted by Gasteiger charge is 2.17. The predicted octanol–water partition coefficient (Wildman–Crippen LogP) is 1.18. The standard InChI is InChI=1S/C11H21NO2/c1-2-5-14-11(3-1)8-12-7-10-4-6-13-9-10/h10-12H,1-9H2. The Balaban J connectivity index is 1.52. The molecule has 2 saturated heterocycles. The summed E-state index contributed by atoms with van der Waals surface area (Å²) in [6, 6.07) is 0. The van der Waals surface area contributed by atoms with Crippen molar-refractivity contribution in [3.8, 4) is 0 Å². The van der Waals surface area contributed by atoms with Crippen LogP contribution in [0.3, 0.4) is 0 Å². The minimum absolute atomic E-state index is 0.464. The molecule has 0 saturated carbocycles. The van der Waals surface area contributed by atoms with Gasteiger partial charge in [-0.3, -0.25) is 0 Å². The molecule has 2 aliphatic rings. The number of rotatable bonds is 4. The molecule has 2 unspecified atom stereocenters. The minimum atomic E-state index is 0.464. The number of ether oxygens (including phenoxy) is 2. The molecule has 0 radical (unpaired) electrons. The molecule has 0 amide bonds. The molecule has 2 atom stereocenters. The molecule has 0 spiro atoms. The highest BCUT2D eigenvalue weighted by Crippen LogP contribution is 2.13. The van der Waals surface area contributed by atoms with Gasteiger partial charge in [0.05, 0.1) is 12.7 Å². The smallest absolute Gasteiger partial charge is 0.0699 e. The van der Waals surface area contributed by atoms with Gasteiger partial charge in [-0.2, -0.15) is 0 Å². The molecule has 82 valence electrons. The van der Waals surface area contributed by atoms with Crippen molar-refractivity contribution in [3.63, 3.8) is 0 Å². The van der Waals surface area contributed by atoms with Crippen LogP contribution in [0.5, 0.6) is 0 Å². The highest BCUT2D eigenvalue weighted by molar-refractivity contribution is 4.70. The maximum Gasteiger partial charge on any atom is 0.0699 e. The van der Waals surface area contributed by atoms with Crippen molar-refractivity contribution in [2.24, 2.45) is 5.92 Å². The van der Waals surface area contributed by atoms with Crippen LogP contribution in [-0.2, 0) is 9.47 Å². The van der Waals surface area contributed by atoms with E-state index in [4.69, 9.17) is 9.47 Å². The van der Waals surface area contributed by atoms with Crippen LogP contribution in [-0.4, -0.2) is 39.0 Å². The van der Waals surface area contributed by atoms with Gasteiger partial charge in [-0.1, -0.05) is 0 Å². The lowest BCUT2D eigenvalue weighted by Gasteiger charge is -2.23. The Morgan fingerprint density at radius 3 is 2.79 bits per heavy atom. The van der Waals surface area contributed by atoms with Gasteiger partial charge in [0.1, 0.15) is 0 Å². The van der Waals surface area contributed by atoms with Crippen LogP contribution in [0.1, 0.15) is 25.7 Å². The van der Waals surface area contributed by atoms with Gasteiger partial charge in [0.15, 0.2) is 0 Å². The maximum atomic E-state index is 5.65. The Labute approximate surface area is 86.2 Å². The summed E-state index contributed by atoms with van der Waals surface area (Å²) in [5.41, 5.74) is 0. The summed E-state index contributed by atoms with van der Waals surface area (Å²) in [6.07, 6.45) is 5.49. The second-order valence-corrected chi connectivity index (χ2v) is 4.38. The predicted molar refractivity (Wildman–Crippen MR) is 55.4 cm³/mol. The maximum absolute atomic E-state index is 5.65. The average Bonchev–Trinajstić information content (AvgIpc) is 2.72. The lowest BCUT2D eigenvalue weighted by Crippen LogP contribution is -2.34. The van der Waals surface area contributed by atoms with Crippen molar-refractivity contribution in [1.29, 1.82) is 0 Å². The minimum Gasteiger partial charge on any atom is -0.381 e. The van der Waals surface area contributed by atoms with E-state index in [9.17, 15) is 0 Å². The molecule has 3 heteroatoms. The van der Waals surface area contributed by atoms with E-state index in [1.54, 1.807) is 0 Å². The molecule has 3 nitrogen and oxygen atoms in total. The summed E-state index contributed by atoms with van der Waals surface area (Å²) in [7, 11) is 0. The second kappa shape index (κ2) is 5.69. The summed E-state index contributed by atoms with van der Waals surface area (Å²) in [6.45, 7) is 4.97. The molecule has 0 aromatic carbocycles. The van der Waals surface area contributed by atoms with Crippen LogP contribution in [0.4, 0.5) is 0 Å². The zero-order valence-corrected chi connectivity index (χ0v) is 8.84. The Hall–Kier alpha value is -0.120. The molecule has 0 aromatic rings. The molecule has 2 fully saturated rings. The number of hydrogen-bond acceptors (Lipinski definition) is 3. The van der Waals surface area contributed by atoms with Gasteiger partial charge in [0.2, 0.25) is 0 Å². The molecule has 2 aliphatic heterocycles. The van der Waals surface area contributed by atoms with Crippen LogP contribution >= 0.6 is 0 Å². The zero-order valence-electron chi connectivity index (χ0n) is 8.84. The van der Waals surface area contributed by atoms with Crippen molar-refractivity contribution < 1.29 is 9.47 Å². The van der Waals surface area contributed by atoms with E-state index >= 15 is 0 Å². The summed E-state index contributed by atoms with van der Waals surface area (Å²) >= 11 is 0. The summed E-state index contributed by atoms with van der Waals surface area (Å²) in [5.74, 6) is 0.735. The summed E-state index contributed by atoms with van der Waals surface area (Å²) < 4.78 is 11.0. The van der Waals surface area contributed by atoms with E-state index in [-0.39, 0.29) is 0 Å². The quantitative estimate of drug-likeness (QED) is 0.737. The number of hydrogen-bond donors (Lipinski definition) is 1. The van der Waals surface area contributed by atoms with Gasteiger partial charge in [0, 0.05) is 26.3 Å². The first-order valence-electron chi connectivity index (χ1n) is 5.85. The van der Waals surface area contributed by atoms with E-state index in [2.05, 4.69) is 5.32 Å². The van der Waals surface area contributed by atoms with Crippen molar-refractivity contribution in [2.45, 2.75) is 31.8 Å². The molecule has 14 heavy (non-hydrogen) atoms. The topological polar surface area (TPSA) is 30.5 Å². The molecule has 2 rings (SSSR count). The highest BCUT2D eigenvalue weighted by atomic mass is 16.5. The SMILES string of the molecule is C1CCC(CNCC2CCOC2)OC1. The second-order valence-electron chi connectivity index (χ2n) is 4.38. The lowest BCUT2D eigenvalue weighted by atomic mass is 10.1. The molecule has 0 aliphatic carbocycles. The van der Waals surface area contributed by atoms with Crippen LogP contribution in [0.15, 0.2) is 0 Å². The molecule has 2 heterocycles. The van der Waals surface area contributed by atoms with E-state index in [1.165, 1.54) is 25.7 Å². The van der Waals surface area contributed by atoms with Crippen molar-refractivity contribution in [3.05, 3.63) is 0 Å². The first-order valence-corrected chi connectivity index (χ1v) is 5.85. The Morgan fingerprint density at radius 1 is 1.07 bits per heavy atom. The first-order chi connectivity index (χ1) is 6.95. The fourth-order valence-electron chi connectivity index (χ4n) is 2.16. The Bertz CT molecular complexity index is 151. The fourth-order valence-corrected chi connectivity index (χ4v) is 2.16. The van der Waals surface area contributed by atoms with Crippen LogP contribution < -0.4 is 5.32 Å². The third-order valence-electron chi connectivity index (χ3n) is 3.10. The first kappa shape index (κ1) is 10.4. The number of nitrogens with one attached hydrogen (secondary N) is 1.